The predicted octanol–water partition coefficient (Wildman–Crippen LogP) is 1.04. The van der Waals surface area contributed by atoms with Gasteiger partial charge in [-0.3, -0.25) is 29.2 Å². The predicted molar refractivity (Wildman–Crippen MR) is 120 cm³/mol. The monoisotopic (exact) mass is 449 g/mol. The van der Waals surface area contributed by atoms with Crippen LogP contribution in [0.1, 0.15) is 41.1 Å². The molecule has 0 aliphatic carbocycles. The van der Waals surface area contributed by atoms with Gasteiger partial charge in [0.15, 0.2) is 5.78 Å². The van der Waals surface area contributed by atoms with Crippen LogP contribution in [0.4, 0.5) is 0 Å². The molecule has 0 bridgehead atoms. The summed E-state index contributed by atoms with van der Waals surface area (Å²) in [5.74, 6) is -1.17. The molecule has 9 nitrogen and oxygen atoms in total. The Bertz CT molecular complexity index is 1040. The van der Waals surface area contributed by atoms with Crippen molar-refractivity contribution in [1.82, 2.24) is 25.6 Å². The van der Waals surface area contributed by atoms with Gasteiger partial charge in [0.2, 0.25) is 0 Å². The van der Waals surface area contributed by atoms with Crippen molar-refractivity contribution in [2.75, 3.05) is 13.1 Å². The smallest absolute Gasteiger partial charge is 0.273 e. The van der Waals surface area contributed by atoms with Crippen LogP contribution >= 0.6 is 0 Å². The third-order valence-electron chi connectivity index (χ3n) is 5.90. The number of aromatic nitrogens is 1. The molecule has 0 spiro atoms. The third kappa shape index (κ3) is 4.63. The van der Waals surface area contributed by atoms with Crippen molar-refractivity contribution >= 4 is 23.5 Å². The Labute approximate surface area is 192 Å². The minimum atomic E-state index is -0.808. The molecular weight excluding hydrogens is 422 g/mol. The van der Waals surface area contributed by atoms with Crippen LogP contribution in [0.3, 0.4) is 0 Å². The number of fused-ring (bicyclic) bond motifs is 1. The third-order valence-corrected chi connectivity index (χ3v) is 5.90. The summed E-state index contributed by atoms with van der Waals surface area (Å²) in [6.45, 7) is 4.11. The molecule has 0 saturated carbocycles. The SMILES string of the molecule is CC(C)C[C@H](NC(=O)c1ccccc1)C(=O)N1NCC2C1C(=O)CN2C(=O)c1ccccn1. The van der Waals surface area contributed by atoms with Gasteiger partial charge in [0.25, 0.3) is 17.7 Å². The highest BCUT2D eigenvalue weighted by molar-refractivity contribution is 6.02. The number of likely N-dealkylation sites (tertiary alicyclic amines) is 1. The zero-order chi connectivity index (χ0) is 23.5. The van der Waals surface area contributed by atoms with Crippen molar-refractivity contribution in [1.29, 1.82) is 0 Å². The second-order valence-electron chi connectivity index (χ2n) is 8.72. The number of ketones is 1. The van der Waals surface area contributed by atoms with Crippen molar-refractivity contribution < 1.29 is 19.2 Å². The van der Waals surface area contributed by atoms with E-state index < -0.39 is 18.1 Å². The Balaban J connectivity index is 1.51. The zero-order valence-electron chi connectivity index (χ0n) is 18.6. The molecule has 2 fully saturated rings. The van der Waals surface area contributed by atoms with Crippen LogP contribution in [0.15, 0.2) is 54.7 Å². The summed E-state index contributed by atoms with van der Waals surface area (Å²) < 4.78 is 0. The number of hydrogen-bond donors (Lipinski definition) is 2. The normalized spacial score (nSPS) is 20.6. The Morgan fingerprint density at radius 1 is 1.12 bits per heavy atom. The fourth-order valence-corrected chi connectivity index (χ4v) is 4.36. The highest BCUT2D eigenvalue weighted by Gasteiger charge is 2.52. The maximum atomic E-state index is 13.5. The number of rotatable bonds is 6. The molecule has 1 aromatic carbocycles. The number of benzene rings is 1. The van der Waals surface area contributed by atoms with E-state index >= 15 is 0 Å². The molecule has 33 heavy (non-hydrogen) atoms. The standard InChI is InChI=1S/C24H27N5O4/c1-15(2)12-18(27-22(31)16-8-4-3-5-9-16)24(33)29-21-19(13-26-29)28(14-20(21)30)23(32)17-10-6-7-11-25-17/h3-11,15,18-19,21,26H,12-14H2,1-2H3,(H,27,31)/t18-,19?,21?/m0/s1. The molecule has 2 N–H and O–H groups in total. The molecule has 2 aliphatic heterocycles. The number of hydrazine groups is 1. The number of carbonyl (C=O) groups excluding carboxylic acids is 4. The van der Waals surface area contributed by atoms with Crippen molar-refractivity contribution in [3.63, 3.8) is 0 Å². The number of nitrogens with one attached hydrogen (secondary N) is 2. The molecule has 3 amide bonds. The van der Waals surface area contributed by atoms with Gasteiger partial charge in [-0.05, 0) is 36.6 Å². The van der Waals surface area contributed by atoms with E-state index in [0.717, 1.165) is 0 Å². The molecule has 2 aliphatic rings. The molecule has 172 valence electrons. The molecule has 2 unspecified atom stereocenters. The Kier molecular flexibility index (Phi) is 6.50. The van der Waals surface area contributed by atoms with Crippen LogP contribution in [0.5, 0.6) is 0 Å². The summed E-state index contributed by atoms with van der Waals surface area (Å²) in [5.41, 5.74) is 3.70. The second kappa shape index (κ2) is 9.50. The molecule has 3 atom stereocenters. The Morgan fingerprint density at radius 3 is 2.52 bits per heavy atom. The van der Waals surface area contributed by atoms with E-state index in [-0.39, 0.29) is 48.2 Å². The molecule has 4 rings (SSSR count). The first-order valence-corrected chi connectivity index (χ1v) is 11.0. The maximum Gasteiger partial charge on any atom is 0.273 e. The van der Waals surface area contributed by atoms with E-state index in [4.69, 9.17) is 0 Å². The molecule has 0 radical (unpaired) electrons. The fourth-order valence-electron chi connectivity index (χ4n) is 4.36. The van der Waals surface area contributed by atoms with Crippen molar-refractivity contribution in [3.05, 3.63) is 66.0 Å². The van der Waals surface area contributed by atoms with E-state index in [1.165, 1.54) is 16.1 Å². The maximum absolute atomic E-state index is 13.5. The summed E-state index contributed by atoms with van der Waals surface area (Å²) in [5, 5.41) is 4.13. The fraction of sp³-hybridized carbons (Fsp3) is 0.375. The number of hydrogen-bond acceptors (Lipinski definition) is 6. The van der Waals surface area contributed by atoms with E-state index in [1.54, 1.807) is 42.5 Å². The first kappa shape index (κ1) is 22.6. The van der Waals surface area contributed by atoms with Crippen LogP contribution in [0.25, 0.3) is 0 Å². The lowest BCUT2D eigenvalue weighted by molar-refractivity contribution is -0.141. The summed E-state index contributed by atoms with van der Waals surface area (Å²) in [6, 6.07) is 11.6. The van der Waals surface area contributed by atoms with E-state index in [9.17, 15) is 19.2 Å². The first-order chi connectivity index (χ1) is 15.9. The molecule has 1 aromatic heterocycles. The lowest BCUT2D eigenvalue weighted by Crippen LogP contribution is -2.55. The Hall–Kier alpha value is -3.59. The van der Waals surface area contributed by atoms with Crippen LogP contribution in [-0.4, -0.2) is 69.6 Å². The van der Waals surface area contributed by atoms with E-state index in [0.29, 0.717) is 12.0 Å². The second-order valence-corrected chi connectivity index (χ2v) is 8.72. The quantitative estimate of drug-likeness (QED) is 0.682. The number of pyridine rings is 1. The van der Waals surface area contributed by atoms with E-state index in [2.05, 4.69) is 15.7 Å². The average Bonchev–Trinajstić information content (AvgIpc) is 3.40. The van der Waals surface area contributed by atoms with Crippen molar-refractivity contribution in [2.45, 2.75) is 38.4 Å². The molecule has 2 aromatic rings. The minimum absolute atomic E-state index is 0.0819. The minimum Gasteiger partial charge on any atom is -0.340 e. The van der Waals surface area contributed by atoms with Gasteiger partial charge in [0, 0.05) is 18.3 Å². The van der Waals surface area contributed by atoms with Crippen molar-refractivity contribution in [3.8, 4) is 0 Å². The van der Waals surface area contributed by atoms with E-state index in [1.807, 2.05) is 19.9 Å². The lowest BCUT2D eigenvalue weighted by Gasteiger charge is -2.28. The zero-order valence-corrected chi connectivity index (χ0v) is 18.6. The van der Waals surface area contributed by atoms with Gasteiger partial charge in [-0.15, -0.1) is 0 Å². The summed E-state index contributed by atoms with van der Waals surface area (Å²) in [4.78, 5) is 57.5. The van der Waals surface area contributed by atoms with Crippen LogP contribution < -0.4 is 10.7 Å². The molecule has 9 heteroatoms. The summed E-state index contributed by atoms with van der Waals surface area (Å²) in [6.07, 6.45) is 1.94. The number of carbonyl (C=O) groups is 4. The highest BCUT2D eigenvalue weighted by Crippen LogP contribution is 2.26. The van der Waals surface area contributed by atoms with Gasteiger partial charge in [0.1, 0.15) is 17.8 Å². The van der Waals surface area contributed by atoms with Gasteiger partial charge >= 0.3 is 0 Å². The van der Waals surface area contributed by atoms with Gasteiger partial charge in [-0.25, -0.2) is 5.43 Å². The topological polar surface area (TPSA) is 112 Å². The van der Waals surface area contributed by atoms with Gasteiger partial charge in [0.05, 0.1) is 12.6 Å². The largest absolute Gasteiger partial charge is 0.340 e. The number of amides is 3. The first-order valence-electron chi connectivity index (χ1n) is 11.0. The number of nitrogens with zero attached hydrogens (tertiary/aromatic N) is 3. The van der Waals surface area contributed by atoms with Crippen LogP contribution in [-0.2, 0) is 9.59 Å². The van der Waals surface area contributed by atoms with Crippen LogP contribution in [0, 0.1) is 5.92 Å². The summed E-state index contributed by atoms with van der Waals surface area (Å²) in [7, 11) is 0. The molecule has 2 saturated heterocycles. The molecule has 3 heterocycles. The Morgan fingerprint density at radius 2 is 1.85 bits per heavy atom. The van der Waals surface area contributed by atoms with Gasteiger partial charge < -0.3 is 10.2 Å². The highest BCUT2D eigenvalue weighted by atomic mass is 16.2. The van der Waals surface area contributed by atoms with Crippen molar-refractivity contribution in [2.24, 2.45) is 5.92 Å². The number of Topliss-reactive ketones (excluding diaryl/α,β-unsaturated/α-hetero) is 1. The lowest BCUT2D eigenvalue weighted by atomic mass is 10.0. The molecular formula is C24H27N5O4. The van der Waals surface area contributed by atoms with Gasteiger partial charge in [-0.1, -0.05) is 38.1 Å². The van der Waals surface area contributed by atoms with Gasteiger partial charge in [-0.2, -0.15) is 0 Å². The van der Waals surface area contributed by atoms with Crippen LogP contribution in [0.2, 0.25) is 0 Å². The average molecular weight is 450 g/mol. The summed E-state index contributed by atoms with van der Waals surface area (Å²) >= 11 is 0.